The number of carbonyl (C=O) groups is 1. The standard InChI is InChI=1S/C21H20FN5O3/c22-13-7-14-16(10-25-20(14)24-8-13)27-18(28)6-5-17(26-27)23-9-15-11-1-3-12(4-2-11)19(15)21(29)30/h5-12,15,19H,1-4H2,(H,24,25)(H,29,30)/t11?,12?,15?,19-/m0/s1. The lowest BCUT2D eigenvalue weighted by molar-refractivity contribution is -0.149. The van der Waals surface area contributed by atoms with E-state index in [-0.39, 0.29) is 17.4 Å². The Bertz CT molecular complexity index is 1210. The molecule has 0 aromatic carbocycles. The van der Waals surface area contributed by atoms with Gasteiger partial charge in [-0.1, -0.05) is 0 Å². The number of H-pyrrole nitrogens is 1. The van der Waals surface area contributed by atoms with Crippen LogP contribution in [0.5, 0.6) is 0 Å². The molecule has 0 aliphatic heterocycles. The third-order valence-corrected chi connectivity index (χ3v) is 6.44. The fourth-order valence-electron chi connectivity index (χ4n) is 5.02. The van der Waals surface area contributed by atoms with Crippen molar-refractivity contribution in [3.8, 4) is 5.69 Å². The Balaban J connectivity index is 1.50. The van der Waals surface area contributed by atoms with E-state index in [1.807, 2.05) is 0 Å². The molecule has 3 aromatic rings. The van der Waals surface area contributed by atoms with Crippen LogP contribution in [0.4, 0.5) is 10.2 Å². The number of rotatable bonds is 4. The summed E-state index contributed by atoms with van der Waals surface area (Å²) in [4.78, 5) is 35.5. The van der Waals surface area contributed by atoms with Crippen LogP contribution in [0.2, 0.25) is 0 Å². The molecule has 3 heterocycles. The number of carboxylic acids is 1. The van der Waals surface area contributed by atoms with Crippen LogP contribution in [0.3, 0.4) is 0 Å². The van der Waals surface area contributed by atoms with Crippen LogP contribution in [0, 0.1) is 29.5 Å². The van der Waals surface area contributed by atoms with Gasteiger partial charge in [-0.3, -0.25) is 9.59 Å². The van der Waals surface area contributed by atoms with E-state index in [1.54, 1.807) is 12.4 Å². The van der Waals surface area contributed by atoms with Gasteiger partial charge in [-0.25, -0.2) is 14.4 Å². The second-order valence-corrected chi connectivity index (χ2v) is 8.06. The van der Waals surface area contributed by atoms with E-state index >= 15 is 0 Å². The molecule has 0 radical (unpaired) electrons. The van der Waals surface area contributed by atoms with Crippen LogP contribution in [-0.2, 0) is 4.79 Å². The second-order valence-electron chi connectivity index (χ2n) is 8.06. The van der Waals surface area contributed by atoms with E-state index in [0.717, 1.165) is 36.6 Å². The highest BCUT2D eigenvalue weighted by Crippen LogP contribution is 2.48. The molecule has 3 saturated carbocycles. The average molecular weight is 409 g/mol. The number of carboxylic acid groups (broad SMARTS) is 1. The number of aromatic amines is 1. The van der Waals surface area contributed by atoms with Crippen molar-refractivity contribution in [2.24, 2.45) is 28.7 Å². The van der Waals surface area contributed by atoms with E-state index in [9.17, 15) is 19.1 Å². The maximum Gasteiger partial charge on any atom is 0.307 e. The molecule has 2 bridgehead atoms. The largest absolute Gasteiger partial charge is 0.481 e. The molecule has 1 unspecified atom stereocenters. The van der Waals surface area contributed by atoms with Gasteiger partial charge in [-0.15, -0.1) is 5.10 Å². The summed E-state index contributed by atoms with van der Waals surface area (Å²) < 4.78 is 14.8. The number of hydrogen-bond acceptors (Lipinski definition) is 5. The summed E-state index contributed by atoms with van der Waals surface area (Å²) in [6, 6.07) is 4.13. The van der Waals surface area contributed by atoms with Crippen LogP contribution >= 0.6 is 0 Å². The Hall–Kier alpha value is -3.36. The van der Waals surface area contributed by atoms with Crippen LogP contribution in [0.1, 0.15) is 25.7 Å². The number of halogens is 1. The van der Waals surface area contributed by atoms with Gasteiger partial charge >= 0.3 is 5.97 Å². The molecular weight excluding hydrogens is 389 g/mol. The zero-order valence-electron chi connectivity index (χ0n) is 16.0. The third kappa shape index (κ3) is 3.10. The summed E-state index contributed by atoms with van der Waals surface area (Å²) in [6.45, 7) is 0. The lowest BCUT2D eigenvalue weighted by atomic mass is 9.59. The van der Waals surface area contributed by atoms with Gasteiger partial charge in [0.25, 0.3) is 5.56 Å². The van der Waals surface area contributed by atoms with Gasteiger partial charge in [-0.2, -0.15) is 4.68 Å². The summed E-state index contributed by atoms with van der Waals surface area (Å²) in [7, 11) is 0. The van der Waals surface area contributed by atoms with Crippen molar-refractivity contribution >= 4 is 29.0 Å². The number of pyridine rings is 1. The highest BCUT2D eigenvalue weighted by molar-refractivity contribution is 5.85. The van der Waals surface area contributed by atoms with Crippen molar-refractivity contribution in [3.63, 3.8) is 0 Å². The van der Waals surface area contributed by atoms with Gasteiger partial charge in [0.15, 0.2) is 5.82 Å². The summed E-state index contributed by atoms with van der Waals surface area (Å²) >= 11 is 0. The Labute approximate surface area is 170 Å². The monoisotopic (exact) mass is 409 g/mol. The maximum atomic E-state index is 13.6. The van der Waals surface area contributed by atoms with Gasteiger partial charge in [0.1, 0.15) is 11.5 Å². The number of hydrogen-bond donors (Lipinski definition) is 2. The molecule has 0 amide bonds. The first-order chi connectivity index (χ1) is 14.5. The Morgan fingerprint density at radius 2 is 2.03 bits per heavy atom. The summed E-state index contributed by atoms with van der Waals surface area (Å²) in [5, 5.41) is 14.4. The minimum atomic E-state index is -0.771. The molecule has 3 fully saturated rings. The lowest BCUT2D eigenvalue weighted by Crippen LogP contribution is -2.44. The average Bonchev–Trinajstić information content (AvgIpc) is 3.16. The maximum absolute atomic E-state index is 13.6. The van der Waals surface area contributed by atoms with E-state index in [0.29, 0.717) is 28.5 Å². The van der Waals surface area contributed by atoms with Crippen molar-refractivity contribution < 1.29 is 14.3 Å². The molecule has 9 heteroatoms. The molecule has 3 aliphatic rings. The zero-order chi connectivity index (χ0) is 20.8. The Morgan fingerprint density at radius 1 is 1.27 bits per heavy atom. The van der Waals surface area contributed by atoms with E-state index in [1.165, 1.54) is 18.2 Å². The van der Waals surface area contributed by atoms with Crippen LogP contribution in [-0.4, -0.2) is 37.0 Å². The first-order valence-corrected chi connectivity index (χ1v) is 10.0. The van der Waals surface area contributed by atoms with Gasteiger partial charge in [-0.05, 0) is 49.7 Å². The molecule has 8 nitrogen and oxygen atoms in total. The SMILES string of the molecule is O=C(O)[C@H]1C2CCC(CC2)C1C=Nc1ccc(=O)n(-c2c[nH]c3ncc(F)cc23)n1. The quantitative estimate of drug-likeness (QED) is 0.643. The number of aliphatic imine (C=N–C) groups is 1. The molecule has 0 saturated heterocycles. The normalized spacial score (nSPS) is 25.9. The topological polar surface area (TPSA) is 113 Å². The van der Waals surface area contributed by atoms with Gasteiger partial charge in [0.2, 0.25) is 0 Å². The number of nitrogens with one attached hydrogen (secondary N) is 1. The molecule has 154 valence electrons. The van der Waals surface area contributed by atoms with Crippen molar-refractivity contribution in [2.75, 3.05) is 0 Å². The molecular formula is C21H20FN5O3. The van der Waals surface area contributed by atoms with Gasteiger partial charge in [0.05, 0.1) is 17.8 Å². The van der Waals surface area contributed by atoms with Crippen molar-refractivity contribution in [3.05, 3.63) is 46.8 Å². The molecule has 6 rings (SSSR count). The summed E-state index contributed by atoms with van der Waals surface area (Å²) in [6.07, 6.45) is 8.29. The fourth-order valence-corrected chi connectivity index (χ4v) is 5.02. The predicted octanol–water partition coefficient (Wildman–Crippen LogP) is 3.09. The highest BCUT2D eigenvalue weighted by atomic mass is 19.1. The van der Waals surface area contributed by atoms with Crippen LogP contribution in [0.25, 0.3) is 16.7 Å². The lowest BCUT2D eigenvalue weighted by Gasteiger charge is -2.45. The van der Waals surface area contributed by atoms with E-state index in [2.05, 4.69) is 20.1 Å². The first-order valence-electron chi connectivity index (χ1n) is 10.0. The third-order valence-electron chi connectivity index (χ3n) is 6.44. The molecule has 3 aromatic heterocycles. The van der Waals surface area contributed by atoms with E-state index < -0.39 is 17.7 Å². The fraction of sp³-hybridized carbons (Fsp3) is 0.381. The van der Waals surface area contributed by atoms with Gasteiger partial charge < -0.3 is 10.1 Å². The number of nitrogens with zero attached hydrogens (tertiary/aromatic N) is 4. The molecule has 2 atom stereocenters. The number of aromatic nitrogens is 4. The second kappa shape index (κ2) is 7.16. The number of aliphatic carboxylic acids is 1. The van der Waals surface area contributed by atoms with Crippen LogP contribution < -0.4 is 5.56 Å². The minimum Gasteiger partial charge on any atom is -0.481 e. The van der Waals surface area contributed by atoms with Crippen LogP contribution in [0.15, 0.2) is 40.4 Å². The minimum absolute atomic E-state index is 0.136. The molecule has 0 spiro atoms. The van der Waals surface area contributed by atoms with Crippen molar-refractivity contribution in [1.29, 1.82) is 0 Å². The molecule has 2 N–H and O–H groups in total. The predicted molar refractivity (Wildman–Crippen MR) is 108 cm³/mol. The number of fused-ring (bicyclic) bond motifs is 4. The summed E-state index contributed by atoms with van der Waals surface area (Å²) in [5.41, 5.74) is 0.426. The first kappa shape index (κ1) is 18.7. The zero-order valence-corrected chi connectivity index (χ0v) is 16.0. The van der Waals surface area contributed by atoms with E-state index in [4.69, 9.17) is 0 Å². The van der Waals surface area contributed by atoms with Crippen molar-refractivity contribution in [1.82, 2.24) is 19.7 Å². The highest BCUT2D eigenvalue weighted by Gasteiger charge is 2.46. The Kier molecular flexibility index (Phi) is 4.45. The van der Waals surface area contributed by atoms with Crippen molar-refractivity contribution in [2.45, 2.75) is 25.7 Å². The summed E-state index contributed by atoms with van der Waals surface area (Å²) in [5.74, 6) is -1.05. The smallest absolute Gasteiger partial charge is 0.307 e. The van der Waals surface area contributed by atoms with Gasteiger partial charge in [0, 0.05) is 29.8 Å². The molecule has 30 heavy (non-hydrogen) atoms. The Morgan fingerprint density at radius 3 is 2.80 bits per heavy atom. The molecule has 3 aliphatic carbocycles.